The summed E-state index contributed by atoms with van der Waals surface area (Å²) < 4.78 is 6.95. The second-order valence-electron chi connectivity index (χ2n) is 7.12. The summed E-state index contributed by atoms with van der Waals surface area (Å²) >= 11 is 0. The first-order valence-corrected chi connectivity index (χ1v) is 9.85. The molecule has 0 radical (unpaired) electrons. The normalized spacial score (nSPS) is 15.9. The smallest absolute Gasteiger partial charge is 0.309 e. The molecule has 0 spiro atoms. The molecule has 1 aromatic heterocycles. The molecule has 1 N–H and O–H groups in total. The van der Waals surface area contributed by atoms with Gasteiger partial charge in [-0.2, -0.15) is 5.10 Å². The van der Waals surface area contributed by atoms with E-state index in [1.807, 2.05) is 60.0 Å². The van der Waals surface area contributed by atoms with Crippen molar-refractivity contribution in [2.75, 3.05) is 25.0 Å². The molecule has 28 heavy (non-hydrogen) atoms. The van der Waals surface area contributed by atoms with Crippen LogP contribution in [0.2, 0.25) is 0 Å². The summed E-state index contributed by atoms with van der Waals surface area (Å²) in [4.78, 5) is 26.5. The number of piperidine rings is 1. The lowest BCUT2D eigenvalue weighted by Gasteiger charge is -2.33. The summed E-state index contributed by atoms with van der Waals surface area (Å²) in [6, 6.07) is 9.58. The van der Waals surface area contributed by atoms with Gasteiger partial charge in [0.15, 0.2) is 0 Å². The van der Waals surface area contributed by atoms with Gasteiger partial charge in [-0.1, -0.05) is 12.1 Å². The first kappa shape index (κ1) is 19.9. The van der Waals surface area contributed by atoms with Gasteiger partial charge in [-0.15, -0.1) is 0 Å². The maximum atomic E-state index is 12.8. The van der Waals surface area contributed by atoms with Crippen LogP contribution < -0.4 is 5.32 Å². The quantitative estimate of drug-likeness (QED) is 0.743. The number of hydrogen-bond acceptors (Lipinski definition) is 5. The average Bonchev–Trinajstić information content (AvgIpc) is 3.21. The number of benzene rings is 1. The van der Waals surface area contributed by atoms with E-state index in [1.54, 1.807) is 6.20 Å². The molecule has 1 saturated heterocycles. The molecule has 2 aromatic rings. The zero-order valence-electron chi connectivity index (χ0n) is 16.5. The zero-order valence-corrected chi connectivity index (χ0v) is 16.5. The van der Waals surface area contributed by atoms with Crippen molar-refractivity contribution in [3.05, 3.63) is 48.3 Å². The Hall–Kier alpha value is -2.83. The molecule has 7 nitrogen and oxygen atoms in total. The molecule has 3 rings (SSSR count). The number of amides is 1. The number of anilines is 1. The Balaban J connectivity index is 1.52. The van der Waals surface area contributed by atoms with Crippen molar-refractivity contribution < 1.29 is 14.3 Å². The van der Waals surface area contributed by atoms with Crippen molar-refractivity contribution in [1.29, 1.82) is 0 Å². The number of nitrogens with zero attached hydrogens (tertiary/aromatic N) is 3. The van der Waals surface area contributed by atoms with Crippen molar-refractivity contribution in [2.24, 2.45) is 5.92 Å². The fraction of sp³-hybridized carbons (Fsp3) is 0.476. The second-order valence-corrected chi connectivity index (χ2v) is 7.12. The summed E-state index contributed by atoms with van der Waals surface area (Å²) in [5.74, 6) is -0.180. The maximum Gasteiger partial charge on any atom is 0.309 e. The number of rotatable bonds is 7. The number of esters is 1. The van der Waals surface area contributed by atoms with E-state index in [-0.39, 0.29) is 23.8 Å². The fourth-order valence-electron chi connectivity index (χ4n) is 3.52. The highest BCUT2D eigenvalue weighted by Crippen LogP contribution is 2.20. The first-order chi connectivity index (χ1) is 13.6. The third-order valence-corrected chi connectivity index (χ3v) is 5.01. The summed E-state index contributed by atoms with van der Waals surface area (Å²) in [6.07, 6.45) is 5.01. The number of carbonyl (C=O) groups is 2. The van der Waals surface area contributed by atoms with Crippen LogP contribution in [-0.2, 0) is 20.9 Å². The highest BCUT2D eigenvalue weighted by Gasteiger charge is 2.30. The molecule has 1 aliphatic rings. The number of aromatic nitrogens is 2. The molecular formula is C21H28N4O3. The van der Waals surface area contributed by atoms with Crippen LogP contribution in [0.1, 0.15) is 32.3 Å². The number of hydrogen-bond donors (Lipinski definition) is 1. The van der Waals surface area contributed by atoms with Gasteiger partial charge in [0.2, 0.25) is 5.91 Å². The molecule has 0 bridgehead atoms. The van der Waals surface area contributed by atoms with Gasteiger partial charge in [0.05, 0.1) is 19.1 Å². The minimum absolute atomic E-state index is 0.0554. The average molecular weight is 384 g/mol. The van der Waals surface area contributed by atoms with E-state index >= 15 is 0 Å². The highest BCUT2D eigenvalue weighted by molar-refractivity contribution is 5.84. The number of ether oxygens (including phenoxy) is 1. The molecule has 1 atom stereocenters. The van der Waals surface area contributed by atoms with Gasteiger partial charge in [0.25, 0.3) is 0 Å². The lowest BCUT2D eigenvalue weighted by Crippen LogP contribution is -2.46. The molecule has 1 fully saturated rings. The molecular weight excluding hydrogens is 356 g/mol. The van der Waals surface area contributed by atoms with Crippen LogP contribution in [0.5, 0.6) is 0 Å². The predicted octanol–water partition coefficient (Wildman–Crippen LogP) is 2.53. The van der Waals surface area contributed by atoms with Gasteiger partial charge < -0.3 is 15.0 Å². The van der Waals surface area contributed by atoms with Crippen LogP contribution in [0.4, 0.5) is 5.69 Å². The Morgan fingerprint density at radius 1 is 1.29 bits per heavy atom. The Morgan fingerprint density at radius 3 is 2.75 bits per heavy atom. The van der Waals surface area contributed by atoms with Crippen LogP contribution in [0.25, 0.3) is 0 Å². The minimum Gasteiger partial charge on any atom is -0.466 e. The van der Waals surface area contributed by atoms with E-state index in [4.69, 9.17) is 4.74 Å². The number of carbonyl (C=O) groups excluding carboxylic acids is 2. The third-order valence-electron chi connectivity index (χ3n) is 5.01. The van der Waals surface area contributed by atoms with Crippen LogP contribution >= 0.6 is 0 Å². The van der Waals surface area contributed by atoms with Gasteiger partial charge in [0, 0.05) is 31.2 Å². The van der Waals surface area contributed by atoms with Crippen LogP contribution in [0, 0.1) is 5.92 Å². The third kappa shape index (κ3) is 5.12. The number of nitrogens with one attached hydrogen (secondary N) is 1. The van der Waals surface area contributed by atoms with Crippen molar-refractivity contribution in [2.45, 2.75) is 39.3 Å². The van der Waals surface area contributed by atoms with Gasteiger partial charge in [-0.05, 0) is 50.5 Å². The van der Waals surface area contributed by atoms with Crippen molar-refractivity contribution >= 4 is 17.6 Å². The maximum absolute atomic E-state index is 12.8. The Bertz CT molecular complexity index is 783. The Labute approximate surface area is 165 Å². The van der Waals surface area contributed by atoms with Crippen molar-refractivity contribution in [1.82, 2.24) is 14.7 Å². The predicted molar refractivity (Wildman–Crippen MR) is 107 cm³/mol. The lowest BCUT2D eigenvalue weighted by molar-refractivity contribution is -0.151. The van der Waals surface area contributed by atoms with Crippen molar-refractivity contribution in [3.8, 4) is 0 Å². The summed E-state index contributed by atoms with van der Waals surface area (Å²) in [7, 11) is 0. The monoisotopic (exact) mass is 384 g/mol. The molecule has 1 unspecified atom stereocenters. The van der Waals surface area contributed by atoms with Gasteiger partial charge in [0.1, 0.15) is 6.04 Å². The van der Waals surface area contributed by atoms with Crippen LogP contribution in [0.15, 0.2) is 42.7 Å². The highest BCUT2D eigenvalue weighted by atomic mass is 16.5. The largest absolute Gasteiger partial charge is 0.466 e. The molecule has 2 heterocycles. The van der Waals surface area contributed by atoms with Gasteiger partial charge >= 0.3 is 5.97 Å². The van der Waals surface area contributed by atoms with Gasteiger partial charge in [-0.25, -0.2) is 0 Å². The molecule has 150 valence electrons. The second kappa shape index (κ2) is 9.39. The Morgan fingerprint density at radius 2 is 2.07 bits per heavy atom. The van der Waals surface area contributed by atoms with Crippen LogP contribution in [-0.4, -0.2) is 52.3 Å². The summed E-state index contributed by atoms with van der Waals surface area (Å²) in [5.41, 5.74) is 2.02. The van der Waals surface area contributed by atoms with E-state index in [1.165, 1.54) is 0 Å². The summed E-state index contributed by atoms with van der Waals surface area (Å²) in [6.45, 7) is 5.96. The molecule has 1 aliphatic heterocycles. The standard InChI is InChI=1S/C21H28N4O3/c1-3-28-21(27)18-8-12-24(13-9-18)20(26)16(2)23-19-7-4-6-17(14-19)15-25-11-5-10-22-25/h4-7,10-11,14,16,18,23H,3,8-9,12-13,15H2,1-2H3. The van der Waals surface area contributed by atoms with E-state index in [0.29, 0.717) is 39.1 Å². The molecule has 1 aromatic carbocycles. The molecule has 0 saturated carbocycles. The van der Waals surface area contributed by atoms with Gasteiger partial charge in [-0.3, -0.25) is 14.3 Å². The van der Waals surface area contributed by atoms with E-state index in [0.717, 1.165) is 11.3 Å². The first-order valence-electron chi connectivity index (χ1n) is 9.85. The summed E-state index contributed by atoms with van der Waals surface area (Å²) in [5, 5.41) is 7.52. The van der Waals surface area contributed by atoms with E-state index in [9.17, 15) is 9.59 Å². The SMILES string of the molecule is CCOC(=O)C1CCN(C(=O)C(C)Nc2cccc(Cn3cccn3)c2)CC1. The fourth-order valence-corrected chi connectivity index (χ4v) is 3.52. The molecule has 0 aliphatic carbocycles. The molecule has 1 amide bonds. The van der Waals surface area contributed by atoms with Crippen molar-refractivity contribution in [3.63, 3.8) is 0 Å². The van der Waals surface area contributed by atoms with E-state index < -0.39 is 0 Å². The van der Waals surface area contributed by atoms with Crippen LogP contribution in [0.3, 0.4) is 0 Å². The Kier molecular flexibility index (Phi) is 6.68. The number of likely N-dealkylation sites (tertiary alicyclic amines) is 1. The lowest BCUT2D eigenvalue weighted by atomic mass is 9.96. The minimum atomic E-state index is -0.334. The molecule has 7 heteroatoms. The zero-order chi connectivity index (χ0) is 19.9. The topological polar surface area (TPSA) is 76.5 Å². The van der Waals surface area contributed by atoms with E-state index in [2.05, 4.69) is 10.4 Å².